The summed E-state index contributed by atoms with van der Waals surface area (Å²) in [5.74, 6) is 1.19. The smallest absolute Gasteiger partial charge is 0.135 e. The molecule has 0 aliphatic carbocycles. The van der Waals surface area contributed by atoms with Crippen LogP contribution in [0, 0.1) is 0 Å². The van der Waals surface area contributed by atoms with Gasteiger partial charge in [0.05, 0.1) is 0 Å². The molecule has 0 bridgehead atoms. The van der Waals surface area contributed by atoms with Gasteiger partial charge in [-0.15, -0.1) is 11.6 Å². The quantitative estimate of drug-likeness (QED) is 0.781. The van der Waals surface area contributed by atoms with E-state index in [0.29, 0.717) is 5.78 Å². The Bertz CT molecular complexity index is 385. The molecule has 0 N–H and O–H groups in total. The lowest BCUT2D eigenvalue weighted by molar-refractivity contribution is -0.121. The van der Waals surface area contributed by atoms with Crippen LogP contribution < -0.4 is 0 Å². The summed E-state index contributed by atoms with van der Waals surface area (Å²) in [7, 11) is 4.10. The maximum Gasteiger partial charge on any atom is 0.135 e. The largest absolute Gasteiger partial charge is 0.309 e. The number of rotatable bonds is 5. The van der Waals surface area contributed by atoms with E-state index >= 15 is 0 Å². The molecule has 0 atom stereocenters. The van der Waals surface area contributed by atoms with E-state index in [1.165, 1.54) is 5.56 Å². The van der Waals surface area contributed by atoms with Gasteiger partial charge in [-0.3, -0.25) is 9.69 Å². The van der Waals surface area contributed by atoms with E-state index in [0.717, 1.165) is 51.3 Å². The van der Waals surface area contributed by atoms with Crippen LogP contribution in [0.1, 0.15) is 24.8 Å². The van der Waals surface area contributed by atoms with Gasteiger partial charge in [-0.2, -0.15) is 0 Å². The van der Waals surface area contributed by atoms with Crippen molar-refractivity contribution in [1.82, 2.24) is 9.80 Å². The third-order valence-electron chi connectivity index (χ3n) is 3.40. The van der Waals surface area contributed by atoms with Crippen LogP contribution in [-0.2, 0) is 11.3 Å². The van der Waals surface area contributed by atoms with Crippen LogP contribution in [-0.4, -0.2) is 55.2 Å². The second-order valence-corrected chi connectivity index (χ2v) is 6.02. The first-order valence-corrected chi connectivity index (χ1v) is 8.14. The van der Waals surface area contributed by atoms with E-state index in [4.69, 9.17) is 11.6 Å². The lowest BCUT2D eigenvalue weighted by atomic mass is 10.1. The first-order valence-electron chi connectivity index (χ1n) is 7.60. The molecule has 0 spiro atoms. The summed E-state index contributed by atoms with van der Waals surface area (Å²) >= 11 is 5.42. The Labute approximate surface area is 133 Å². The summed E-state index contributed by atoms with van der Waals surface area (Å²) in [5.41, 5.74) is 1.34. The number of halogens is 1. The monoisotopic (exact) mass is 310 g/mol. The molecule has 4 heteroatoms. The lowest BCUT2D eigenvalue weighted by Gasteiger charge is -2.25. The number of benzene rings is 1. The fourth-order valence-electron chi connectivity index (χ4n) is 2.18. The van der Waals surface area contributed by atoms with Gasteiger partial charge in [0.2, 0.25) is 0 Å². The van der Waals surface area contributed by atoms with Crippen molar-refractivity contribution in [3.05, 3.63) is 35.9 Å². The summed E-state index contributed by atoms with van der Waals surface area (Å²) < 4.78 is 0. The van der Waals surface area contributed by atoms with Crippen LogP contribution in [0.3, 0.4) is 0 Å². The SMILES string of the molecule is CN(C)CCCCl.O=C1CCN(Cc2ccccc2)CC1. The standard InChI is InChI=1S/C12H15NO.C5H12ClN/c14-12-6-8-13(9-7-12)10-11-4-2-1-3-5-11;1-7(2)5-3-4-6/h1-5H,6-10H2;3-5H2,1-2H3. The van der Waals surface area contributed by atoms with Crippen molar-refractivity contribution in [2.45, 2.75) is 25.8 Å². The number of hydrogen-bond donors (Lipinski definition) is 0. The molecule has 3 nitrogen and oxygen atoms in total. The number of hydrogen-bond acceptors (Lipinski definition) is 3. The van der Waals surface area contributed by atoms with E-state index in [-0.39, 0.29) is 0 Å². The van der Waals surface area contributed by atoms with E-state index in [2.05, 4.69) is 34.1 Å². The molecular weight excluding hydrogens is 284 g/mol. The minimum absolute atomic E-state index is 0.411. The second kappa shape index (κ2) is 10.8. The molecular formula is C17H27ClN2O. The Balaban J connectivity index is 0.000000270. The highest BCUT2D eigenvalue weighted by atomic mass is 35.5. The number of carbonyl (C=O) groups excluding carboxylic acids is 1. The summed E-state index contributed by atoms with van der Waals surface area (Å²) in [6, 6.07) is 10.4. The summed E-state index contributed by atoms with van der Waals surface area (Å²) in [4.78, 5) is 15.5. The fourth-order valence-corrected chi connectivity index (χ4v) is 2.30. The summed E-state index contributed by atoms with van der Waals surface area (Å²) in [6.07, 6.45) is 2.55. The third kappa shape index (κ3) is 8.86. The molecule has 2 rings (SSSR count). The Morgan fingerprint density at radius 2 is 1.76 bits per heavy atom. The van der Waals surface area contributed by atoms with Gasteiger partial charge >= 0.3 is 0 Å². The number of Topliss-reactive ketones (excluding diaryl/α,β-unsaturated/α-hetero) is 1. The van der Waals surface area contributed by atoms with Gasteiger partial charge in [-0.1, -0.05) is 30.3 Å². The molecule has 0 aromatic heterocycles. The van der Waals surface area contributed by atoms with Crippen LogP contribution in [0.2, 0.25) is 0 Å². The number of ketones is 1. The zero-order chi connectivity index (χ0) is 15.5. The number of alkyl halides is 1. The van der Waals surface area contributed by atoms with Crippen molar-refractivity contribution in [3.8, 4) is 0 Å². The first kappa shape index (κ1) is 18.1. The highest BCUT2D eigenvalue weighted by molar-refractivity contribution is 6.17. The maximum atomic E-state index is 11.0. The van der Waals surface area contributed by atoms with Crippen molar-refractivity contribution in [2.24, 2.45) is 0 Å². The number of likely N-dealkylation sites (tertiary alicyclic amines) is 1. The van der Waals surface area contributed by atoms with Crippen LogP contribution in [0.25, 0.3) is 0 Å². The highest BCUT2D eigenvalue weighted by Gasteiger charge is 2.15. The molecule has 1 aliphatic heterocycles. The van der Waals surface area contributed by atoms with Crippen LogP contribution >= 0.6 is 11.6 Å². The predicted molar refractivity (Wildman–Crippen MR) is 89.9 cm³/mol. The van der Waals surface area contributed by atoms with E-state index in [1.807, 2.05) is 20.2 Å². The van der Waals surface area contributed by atoms with Gasteiger partial charge in [0.15, 0.2) is 0 Å². The van der Waals surface area contributed by atoms with Crippen molar-refractivity contribution in [3.63, 3.8) is 0 Å². The molecule has 1 aromatic rings. The molecule has 0 radical (unpaired) electrons. The lowest BCUT2D eigenvalue weighted by Crippen LogP contribution is -2.33. The average Bonchev–Trinajstić information content (AvgIpc) is 2.49. The van der Waals surface area contributed by atoms with Crippen LogP contribution in [0.4, 0.5) is 0 Å². The van der Waals surface area contributed by atoms with Crippen molar-refractivity contribution < 1.29 is 4.79 Å². The molecule has 0 amide bonds. The molecule has 0 unspecified atom stereocenters. The number of piperidine rings is 1. The highest BCUT2D eigenvalue weighted by Crippen LogP contribution is 2.10. The van der Waals surface area contributed by atoms with Gasteiger partial charge in [0, 0.05) is 38.4 Å². The Hall–Kier alpha value is -0.900. The van der Waals surface area contributed by atoms with Crippen molar-refractivity contribution in [1.29, 1.82) is 0 Å². The predicted octanol–water partition coefficient (Wildman–Crippen LogP) is 3.03. The van der Waals surface area contributed by atoms with Crippen molar-refractivity contribution in [2.75, 3.05) is 39.6 Å². The maximum absolute atomic E-state index is 11.0. The van der Waals surface area contributed by atoms with Gasteiger partial charge in [0.1, 0.15) is 5.78 Å². The van der Waals surface area contributed by atoms with Gasteiger partial charge in [-0.25, -0.2) is 0 Å². The molecule has 1 heterocycles. The second-order valence-electron chi connectivity index (χ2n) is 5.65. The molecule has 1 fully saturated rings. The fraction of sp³-hybridized carbons (Fsp3) is 0.588. The van der Waals surface area contributed by atoms with Crippen molar-refractivity contribution >= 4 is 17.4 Å². The molecule has 0 saturated carbocycles. The number of carbonyl (C=O) groups is 1. The van der Waals surface area contributed by atoms with Crippen LogP contribution in [0.15, 0.2) is 30.3 Å². The van der Waals surface area contributed by atoms with Gasteiger partial charge in [-0.05, 0) is 32.6 Å². The summed E-state index contributed by atoms with van der Waals surface area (Å²) in [5, 5.41) is 0. The van der Waals surface area contributed by atoms with E-state index < -0.39 is 0 Å². The normalized spacial score (nSPS) is 15.7. The minimum Gasteiger partial charge on any atom is -0.309 e. The minimum atomic E-state index is 0.411. The Kier molecular flexibility index (Phi) is 9.31. The number of nitrogens with zero attached hydrogens (tertiary/aromatic N) is 2. The van der Waals surface area contributed by atoms with E-state index in [1.54, 1.807) is 0 Å². The zero-order valence-electron chi connectivity index (χ0n) is 13.2. The first-order chi connectivity index (χ1) is 10.1. The topological polar surface area (TPSA) is 23.6 Å². The molecule has 1 aromatic carbocycles. The molecule has 1 saturated heterocycles. The average molecular weight is 311 g/mol. The third-order valence-corrected chi connectivity index (χ3v) is 3.67. The van der Waals surface area contributed by atoms with Gasteiger partial charge in [0.25, 0.3) is 0 Å². The Morgan fingerprint density at radius 1 is 1.14 bits per heavy atom. The zero-order valence-corrected chi connectivity index (χ0v) is 14.0. The molecule has 1 aliphatic rings. The molecule has 118 valence electrons. The summed E-state index contributed by atoms with van der Waals surface area (Å²) in [6.45, 7) is 3.93. The van der Waals surface area contributed by atoms with E-state index in [9.17, 15) is 4.79 Å². The van der Waals surface area contributed by atoms with Crippen LogP contribution in [0.5, 0.6) is 0 Å². The Morgan fingerprint density at radius 3 is 2.24 bits per heavy atom. The molecule has 21 heavy (non-hydrogen) atoms. The van der Waals surface area contributed by atoms with Gasteiger partial charge < -0.3 is 4.90 Å².